The van der Waals surface area contributed by atoms with Crippen LogP contribution >= 0.6 is 34.7 Å². The highest BCUT2D eigenvalue weighted by Gasteiger charge is 2.48. The third-order valence-electron chi connectivity index (χ3n) is 6.32. The average molecular weight is 626 g/mol. The van der Waals surface area contributed by atoms with Crippen LogP contribution in [0.3, 0.4) is 0 Å². The molecule has 1 unspecified atom stereocenters. The van der Waals surface area contributed by atoms with Gasteiger partial charge in [0, 0.05) is 16.3 Å². The number of nitrogens with zero attached hydrogens (tertiary/aromatic N) is 3. The van der Waals surface area contributed by atoms with E-state index in [1.807, 2.05) is 13.8 Å². The Morgan fingerprint density at radius 3 is 2.38 bits per heavy atom. The molecule has 0 saturated carbocycles. The maximum absolute atomic E-state index is 13.5. The lowest BCUT2D eigenvalue weighted by Crippen LogP contribution is -2.29. The molecule has 0 spiro atoms. The molecule has 3 aromatic carbocycles. The zero-order valence-electron chi connectivity index (χ0n) is 22.5. The van der Waals surface area contributed by atoms with Crippen molar-refractivity contribution in [2.24, 2.45) is 0 Å². The number of Topliss-reactive ketones (excluding diaryl/α,β-unsaturated/α-hetero) is 1. The summed E-state index contributed by atoms with van der Waals surface area (Å²) in [6.45, 7) is 4.46. The Kier molecular flexibility index (Phi) is 9.10. The predicted octanol–water partition coefficient (Wildman–Crippen LogP) is 7.05. The Labute approximate surface area is 254 Å². The lowest BCUT2D eigenvalue weighted by Gasteiger charge is -2.23. The molecule has 2 heterocycles. The standard InChI is InChI=1S/C30H25ClFN3O5S2/c1-3-39-22-14-9-19(15-23(22)40-4-2)25-24(26(36)18-7-10-20(31)11-8-18)27(37)28(38)35(25)29-33-34-30(42-29)41-16-17-5-12-21(32)13-6-17/h5-15,25,36H,3-4,16H2,1-2H3/b26-24+. The molecule has 1 aliphatic rings. The van der Waals surface area contributed by atoms with Gasteiger partial charge in [-0.1, -0.05) is 52.9 Å². The fraction of sp³-hybridized carbons (Fsp3) is 0.200. The van der Waals surface area contributed by atoms with E-state index in [0.29, 0.717) is 51.0 Å². The number of hydrogen-bond donors (Lipinski definition) is 1. The first-order valence-electron chi connectivity index (χ1n) is 13.0. The lowest BCUT2D eigenvalue weighted by atomic mass is 9.95. The first kappa shape index (κ1) is 29.6. The van der Waals surface area contributed by atoms with Crippen molar-refractivity contribution < 1.29 is 28.6 Å². The minimum absolute atomic E-state index is 0.107. The van der Waals surface area contributed by atoms with Crippen molar-refractivity contribution in [3.05, 3.63) is 99.8 Å². The molecule has 5 rings (SSSR count). The van der Waals surface area contributed by atoms with E-state index in [1.165, 1.54) is 28.8 Å². The van der Waals surface area contributed by atoms with Crippen molar-refractivity contribution in [2.75, 3.05) is 18.1 Å². The number of thioether (sulfide) groups is 1. The number of ketones is 1. The second-order valence-electron chi connectivity index (χ2n) is 9.01. The van der Waals surface area contributed by atoms with E-state index in [4.69, 9.17) is 21.1 Å². The van der Waals surface area contributed by atoms with Crippen molar-refractivity contribution in [1.82, 2.24) is 10.2 Å². The number of hydrogen-bond acceptors (Lipinski definition) is 9. The van der Waals surface area contributed by atoms with Crippen molar-refractivity contribution >= 4 is 57.3 Å². The molecule has 1 fully saturated rings. The van der Waals surface area contributed by atoms with Gasteiger partial charge in [-0.25, -0.2) is 4.39 Å². The molecule has 1 amide bonds. The van der Waals surface area contributed by atoms with E-state index in [1.54, 1.807) is 54.6 Å². The average Bonchev–Trinajstić information content (AvgIpc) is 3.56. The largest absolute Gasteiger partial charge is 0.507 e. The number of aliphatic hydroxyl groups is 1. The lowest BCUT2D eigenvalue weighted by molar-refractivity contribution is -0.132. The Hall–Kier alpha value is -3.93. The molecule has 1 aromatic heterocycles. The van der Waals surface area contributed by atoms with Gasteiger partial charge in [-0.2, -0.15) is 0 Å². The van der Waals surface area contributed by atoms with Crippen LogP contribution in [0, 0.1) is 5.82 Å². The molecule has 0 bridgehead atoms. The summed E-state index contributed by atoms with van der Waals surface area (Å²) >= 11 is 8.54. The molecule has 1 aliphatic heterocycles. The number of carbonyl (C=O) groups is 2. The third-order valence-corrected chi connectivity index (χ3v) is 8.70. The van der Waals surface area contributed by atoms with Crippen LogP contribution in [-0.4, -0.2) is 40.2 Å². The van der Waals surface area contributed by atoms with E-state index in [-0.39, 0.29) is 22.3 Å². The summed E-state index contributed by atoms with van der Waals surface area (Å²) in [6, 6.07) is 16.5. The minimum Gasteiger partial charge on any atom is -0.507 e. The van der Waals surface area contributed by atoms with Crippen LogP contribution in [0.2, 0.25) is 5.02 Å². The maximum atomic E-state index is 13.5. The number of rotatable bonds is 10. The smallest absolute Gasteiger partial charge is 0.301 e. The SMILES string of the molecule is CCOc1ccc(C2/C(=C(\O)c3ccc(Cl)cc3)C(=O)C(=O)N2c2nnc(SCc3ccc(F)cc3)s2)cc1OCC. The van der Waals surface area contributed by atoms with Gasteiger partial charge in [-0.05, 0) is 73.5 Å². The normalized spacial score (nSPS) is 16.2. The summed E-state index contributed by atoms with van der Waals surface area (Å²) < 4.78 is 25.3. The molecule has 0 radical (unpaired) electrons. The summed E-state index contributed by atoms with van der Waals surface area (Å²) in [5, 5.41) is 20.5. The molecule has 42 heavy (non-hydrogen) atoms. The van der Waals surface area contributed by atoms with Crippen LogP contribution < -0.4 is 14.4 Å². The van der Waals surface area contributed by atoms with Crippen LogP contribution in [0.15, 0.2) is 76.6 Å². The molecular formula is C30H25ClFN3O5S2. The van der Waals surface area contributed by atoms with Crippen LogP contribution in [0.1, 0.15) is 36.6 Å². The van der Waals surface area contributed by atoms with Crippen LogP contribution in [0.4, 0.5) is 9.52 Å². The molecule has 1 N–H and O–H groups in total. The summed E-state index contributed by atoms with van der Waals surface area (Å²) in [5.74, 6) is -0.944. The Balaban J connectivity index is 1.57. The van der Waals surface area contributed by atoms with Gasteiger partial charge in [0.2, 0.25) is 5.13 Å². The van der Waals surface area contributed by atoms with Gasteiger partial charge >= 0.3 is 5.91 Å². The topological polar surface area (TPSA) is 102 Å². The quantitative estimate of drug-likeness (QED) is 0.0658. The van der Waals surface area contributed by atoms with Gasteiger partial charge < -0.3 is 14.6 Å². The van der Waals surface area contributed by atoms with Crippen LogP contribution in [0.5, 0.6) is 11.5 Å². The zero-order valence-corrected chi connectivity index (χ0v) is 24.9. The van der Waals surface area contributed by atoms with Crippen molar-refractivity contribution in [3.8, 4) is 11.5 Å². The van der Waals surface area contributed by atoms with Crippen molar-refractivity contribution in [1.29, 1.82) is 0 Å². The molecular weight excluding hydrogens is 601 g/mol. The Morgan fingerprint density at radius 1 is 1.00 bits per heavy atom. The van der Waals surface area contributed by atoms with Gasteiger partial charge in [-0.15, -0.1) is 10.2 Å². The molecule has 4 aromatic rings. The van der Waals surface area contributed by atoms with E-state index < -0.39 is 17.7 Å². The van der Waals surface area contributed by atoms with E-state index in [0.717, 1.165) is 16.9 Å². The van der Waals surface area contributed by atoms with Crippen LogP contribution in [0.25, 0.3) is 5.76 Å². The number of carbonyl (C=O) groups excluding carboxylic acids is 2. The van der Waals surface area contributed by atoms with E-state index in [2.05, 4.69) is 10.2 Å². The Bertz CT molecular complexity index is 1640. The first-order chi connectivity index (χ1) is 20.3. The van der Waals surface area contributed by atoms with Crippen LogP contribution in [-0.2, 0) is 15.3 Å². The minimum atomic E-state index is -1.03. The van der Waals surface area contributed by atoms with E-state index >= 15 is 0 Å². The number of halogens is 2. The zero-order chi connectivity index (χ0) is 29.8. The highest BCUT2D eigenvalue weighted by molar-refractivity contribution is 8.00. The number of ether oxygens (including phenoxy) is 2. The van der Waals surface area contributed by atoms with Gasteiger partial charge in [0.05, 0.1) is 24.8 Å². The molecule has 8 nitrogen and oxygen atoms in total. The number of aromatic nitrogens is 2. The highest BCUT2D eigenvalue weighted by atomic mass is 35.5. The molecule has 1 saturated heterocycles. The Morgan fingerprint density at radius 2 is 1.69 bits per heavy atom. The second kappa shape index (κ2) is 12.9. The van der Waals surface area contributed by atoms with Gasteiger partial charge in [0.1, 0.15) is 11.6 Å². The molecule has 0 aliphatic carbocycles. The van der Waals surface area contributed by atoms with Gasteiger partial charge in [-0.3, -0.25) is 14.5 Å². The summed E-state index contributed by atoms with van der Waals surface area (Å²) in [6.07, 6.45) is 0. The monoisotopic (exact) mass is 625 g/mol. The number of aliphatic hydroxyl groups excluding tert-OH is 1. The second-order valence-corrected chi connectivity index (χ2v) is 11.6. The predicted molar refractivity (Wildman–Crippen MR) is 161 cm³/mol. The summed E-state index contributed by atoms with van der Waals surface area (Å²) in [5.41, 5.74) is 1.61. The molecule has 216 valence electrons. The highest BCUT2D eigenvalue weighted by Crippen LogP contribution is 2.45. The van der Waals surface area contributed by atoms with Crippen molar-refractivity contribution in [2.45, 2.75) is 30.0 Å². The molecule has 12 heteroatoms. The van der Waals surface area contributed by atoms with Gasteiger partial charge in [0.25, 0.3) is 5.78 Å². The fourth-order valence-electron chi connectivity index (χ4n) is 4.43. The summed E-state index contributed by atoms with van der Waals surface area (Å²) in [7, 11) is 0. The van der Waals surface area contributed by atoms with E-state index in [9.17, 15) is 19.1 Å². The number of amides is 1. The number of anilines is 1. The first-order valence-corrected chi connectivity index (χ1v) is 15.2. The summed E-state index contributed by atoms with van der Waals surface area (Å²) in [4.78, 5) is 28.3. The maximum Gasteiger partial charge on any atom is 0.301 e. The fourth-order valence-corrected chi connectivity index (χ4v) is 6.38. The third kappa shape index (κ3) is 6.13. The van der Waals surface area contributed by atoms with Gasteiger partial charge in [0.15, 0.2) is 15.8 Å². The molecule has 1 atom stereocenters. The number of benzene rings is 3. The van der Waals surface area contributed by atoms with Crippen molar-refractivity contribution in [3.63, 3.8) is 0 Å².